The van der Waals surface area contributed by atoms with Crippen LogP contribution in [-0.2, 0) is 9.59 Å². The number of anilines is 1. The highest BCUT2D eigenvalue weighted by molar-refractivity contribution is 6.12. The van der Waals surface area contributed by atoms with Crippen molar-refractivity contribution in [3.05, 3.63) is 30.3 Å². The predicted molar refractivity (Wildman–Crippen MR) is 68.7 cm³/mol. The second-order valence-electron chi connectivity index (χ2n) is 4.47. The number of benzene rings is 1. The molecule has 0 radical (unpaired) electrons. The highest BCUT2D eigenvalue weighted by Gasteiger charge is 2.33. The molecule has 3 aliphatic rings. The van der Waals surface area contributed by atoms with Crippen molar-refractivity contribution in [2.75, 3.05) is 5.01 Å². The van der Waals surface area contributed by atoms with E-state index < -0.39 is 0 Å². The van der Waals surface area contributed by atoms with Crippen LogP contribution in [0.5, 0.6) is 0 Å². The van der Waals surface area contributed by atoms with Crippen molar-refractivity contribution in [2.24, 2.45) is 0 Å². The topological polar surface area (TPSA) is 88.3 Å². The Labute approximate surface area is 112 Å². The number of para-hydroxylation sites is 1. The Morgan fingerprint density at radius 3 is 2.85 bits per heavy atom. The van der Waals surface area contributed by atoms with Crippen molar-refractivity contribution in [1.29, 1.82) is 0 Å². The standard InChI is InChI=1S/C13H8N4O3/c18-10-6-11(19)17(16-10)12-8-5-7-3-1-2-4-9(7)20-13(8)15-14-12/h1-5H,6H2,(H,16,18). The molecule has 98 valence electrons. The third kappa shape index (κ3) is 1.46. The summed E-state index contributed by atoms with van der Waals surface area (Å²) in [6, 6.07) is 9.29. The molecule has 1 saturated heterocycles. The first kappa shape index (κ1) is 10.9. The summed E-state index contributed by atoms with van der Waals surface area (Å²) in [4.78, 5) is 23.0. The maximum absolute atomic E-state index is 11.7. The number of aromatic nitrogens is 2. The molecule has 0 unspecified atom stereocenters. The second kappa shape index (κ2) is 3.77. The smallest absolute Gasteiger partial charge is 0.256 e. The molecule has 0 atom stereocenters. The molecular formula is C13H8N4O3. The highest BCUT2D eigenvalue weighted by atomic mass is 16.3. The number of rotatable bonds is 1. The molecule has 4 rings (SSSR count). The molecule has 0 saturated carbocycles. The first-order valence-corrected chi connectivity index (χ1v) is 6.00. The molecule has 3 heterocycles. The average Bonchev–Trinajstić information content (AvgIpc) is 2.98. The summed E-state index contributed by atoms with van der Waals surface area (Å²) in [5.74, 6) is -0.105. The minimum Gasteiger partial charge on any atom is -0.436 e. The Hall–Kier alpha value is -2.96. The van der Waals surface area contributed by atoms with Crippen molar-refractivity contribution in [3.8, 4) is 11.5 Å². The van der Waals surface area contributed by atoms with Crippen LogP contribution in [0.15, 0.2) is 34.7 Å². The third-order valence-corrected chi connectivity index (χ3v) is 3.14. The van der Waals surface area contributed by atoms with Gasteiger partial charge in [-0.1, -0.05) is 18.2 Å². The van der Waals surface area contributed by atoms with E-state index in [1.165, 1.54) is 0 Å². The predicted octanol–water partition coefficient (Wildman–Crippen LogP) is 1.10. The molecule has 0 aliphatic carbocycles. The number of carbonyl (C=O) groups is 2. The zero-order chi connectivity index (χ0) is 13.7. The number of hydrogen-bond acceptors (Lipinski definition) is 5. The molecule has 2 amide bonds. The van der Waals surface area contributed by atoms with E-state index in [9.17, 15) is 9.59 Å². The Morgan fingerprint density at radius 1 is 1.20 bits per heavy atom. The fourth-order valence-electron chi connectivity index (χ4n) is 2.23. The van der Waals surface area contributed by atoms with Crippen molar-refractivity contribution < 1.29 is 14.0 Å². The van der Waals surface area contributed by atoms with E-state index >= 15 is 0 Å². The van der Waals surface area contributed by atoms with Crippen LogP contribution in [0.25, 0.3) is 22.4 Å². The lowest BCUT2D eigenvalue weighted by Gasteiger charge is -2.12. The molecule has 7 heteroatoms. The first-order chi connectivity index (χ1) is 9.72. The lowest BCUT2D eigenvalue weighted by Crippen LogP contribution is -2.36. The van der Waals surface area contributed by atoms with Crippen LogP contribution in [0.3, 0.4) is 0 Å². The number of carbonyl (C=O) groups excluding carboxylic acids is 2. The van der Waals surface area contributed by atoms with E-state index in [1.807, 2.05) is 30.3 Å². The van der Waals surface area contributed by atoms with Gasteiger partial charge in [-0.05, 0) is 12.1 Å². The fourth-order valence-corrected chi connectivity index (χ4v) is 2.23. The Bertz CT molecular complexity index is 826. The Kier molecular flexibility index (Phi) is 2.06. The maximum atomic E-state index is 11.7. The zero-order valence-electron chi connectivity index (χ0n) is 10.2. The molecule has 20 heavy (non-hydrogen) atoms. The molecule has 1 fully saturated rings. The van der Waals surface area contributed by atoms with E-state index in [4.69, 9.17) is 4.42 Å². The molecule has 0 spiro atoms. The van der Waals surface area contributed by atoms with E-state index in [0.717, 1.165) is 10.4 Å². The molecule has 3 aliphatic heterocycles. The SMILES string of the molecule is O=C1CC(=O)N(c2nnc3oc4ccccc4cc2-3)N1. The van der Waals surface area contributed by atoms with Gasteiger partial charge in [-0.25, -0.2) is 0 Å². The van der Waals surface area contributed by atoms with Gasteiger partial charge in [0.15, 0.2) is 5.82 Å². The summed E-state index contributed by atoms with van der Waals surface area (Å²) in [6.07, 6.45) is -0.181. The van der Waals surface area contributed by atoms with Crippen LogP contribution in [0.1, 0.15) is 6.42 Å². The second-order valence-corrected chi connectivity index (χ2v) is 4.47. The monoisotopic (exact) mass is 268 g/mol. The largest absolute Gasteiger partial charge is 0.436 e. The van der Waals surface area contributed by atoms with E-state index in [2.05, 4.69) is 15.6 Å². The number of amides is 2. The minimum atomic E-state index is -0.358. The van der Waals surface area contributed by atoms with Gasteiger partial charge in [-0.15, -0.1) is 10.2 Å². The van der Waals surface area contributed by atoms with Crippen LogP contribution >= 0.6 is 0 Å². The van der Waals surface area contributed by atoms with E-state index in [0.29, 0.717) is 17.0 Å². The maximum Gasteiger partial charge on any atom is 0.256 e. The average molecular weight is 268 g/mol. The molecular weight excluding hydrogens is 260 g/mol. The first-order valence-electron chi connectivity index (χ1n) is 6.00. The number of nitrogens with one attached hydrogen (secondary N) is 1. The molecule has 1 N–H and O–H groups in total. The van der Waals surface area contributed by atoms with Gasteiger partial charge in [0.05, 0.1) is 5.56 Å². The number of nitrogens with zero attached hydrogens (tertiary/aromatic N) is 3. The minimum absolute atomic E-state index is 0.181. The van der Waals surface area contributed by atoms with Crippen molar-refractivity contribution >= 4 is 28.6 Å². The van der Waals surface area contributed by atoms with Gasteiger partial charge in [0, 0.05) is 5.39 Å². The van der Waals surface area contributed by atoms with Gasteiger partial charge >= 0.3 is 0 Å². The van der Waals surface area contributed by atoms with Gasteiger partial charge in [-0.3, -0.25) is 15.0 Å². The summed E-state index contributed by atoms with van der Waals surface area (Å²) in [6.45, 7) is 0. The van der Waals surface area contributed by atoms with E-state index in [1.54, 1.807) is 0 Å². The van der Waals surface area contributed by atoms with Gasteiger partial charge in [0.25, 0.3) is 5.91 Å². The zero-order valence-corrected chi connectivity index (χ0v) is 10.2. The van der Waals surface area contributed by atoms with Crippen molar-refractivity contribution in [2.45, 2.75) is 6.42 Å². The number of fused-ring (bicyclic) bond motifs is 2. The summed E-state index contributed by atoms with van der Waals surface area (Å²) in [7, 11) is 0. The van der Waals surface area contributed by atoms with Gasteiger partial charge < -0.3 is 4.42 Å². The summed E-state index contributed by atoms with van der Waals surface area (Å²) in [5, 5.41) is 9.83. The number of hydrazine groups is 1. The van der Waals surface area contributed by atoms with E-state index in [-0.39, 0.29) is 24.1 Å². The van der Waals surface area contributed by atoms with Crippen LogP contribution in [0.2, 0.25) is 0 Å². The molecule has 1 aromatic carbocycles. The summed E-state index contributed by atoms with van der Waals surface area (Å²) < 4.78 is 5.62. The molecule has 1 aromatic rings. The molecule has 7 nitrogen and oxygen atoms in total. The van der Waals surface area contributed by atoms with Gasteiger partial charge in [0.2, 0.25) is 11.8 Å². The van der Waals surface area contributed by atoms with Crippen LogP contribution in [-0.4, -0.2) is 22.0 Å². The van der Waals surface area contributed by atoms with Crippen LogP contribution in [0.4, 0.5) is 5.82 Å². The Balaban J connectivity index is 1.91. The molecule has 0 aromatic heterocycles. The molecule has 0 bridgehead atoms. The van der Waals surface area contributed by atoms with Crippen LogP contribution < -0.4 is 10.4 Å². The highest BCUT2D eigenvalue weighted by Crippen LogP contribution is 2.34. The lowest BCUT2D eigenvalue weighted by atomic mass is 10.1. The Morgan fingerprint density at radius 2 is 2.05 bits per heavy atom. The summed E-state index contributed by atoms with van der Waals surface area (Å²) in [5.41, 5.74) is 3.71. The lowest BCUT2D eigenvalue weighted by molar-refractivity contribution is -0.122. The van der Waals surface area contributed by atoms with Gasteiger partial charge in [-0.2, -0.15) is 5.01 Å². The quantitative estimate of drug-likeness (QED) is 0.667. The third-order valence-electron chi connectivity index (χ3n) is 3.14. The van der Waals surface area contributed by atoms with Crippen LogP contribution in [0, 0.1) is 0 Å². The fraction of sp³-hybridized carbons (Fsp3) is 0.0769. The summed E-state index contributed by atoms with van der Waals surface area (Å²) >= 11 is 0. The van der Waals surface area contributed by atoms with Crippen molar-refractivity contribution in [1.82, 2.24) is 15.6 Å². The number of hydrogen-bond donors (Lipinski definition) is 1. The van der Waals surface area contributed by atoms with Crippen molar-refractivity contribution in [3.63, 3.8) is 0 Å². The normalized spacial score (nSPS) is 15.3. The van der Waals surface area contributed by atoms with Gasteiger partial charge in [0.1, 0.15) is 12.0 Å².